The average molecular weight is 167 g/mol. The molecule has 0 heterocycles. The molecule has 0 aliphatic heterocycles. The zero-order chi connectivity index (χ0) is 8.97. The van der Waals surface area contributed by atoms with Gasteiger partial charge in [-0.05, 0) is 30.7 Å². The summed E-state index contributed by atoms with van der Waals surface area (Å²) in [6, 6.07) is 6.57. The highest BCUT2D eigenvalue weighted by Crippen LogP contribution is 2.19. The van der Waals surface area contributed by atoms with E-state index >= 15 is 0 Å². The molecular formula is C9H13NO2. The van der Waals surface area contributed by atoms with Crippen LogP contribution >= 0.6 is 0 Å². The van der Waals surface area contributed by atoms with Crippen LogP contribution in [0.1, 0.15) is 18.1 Å². The van der Waals surface area contributed by atoms with Crippen LogP contribution in [0.2, 0.25) is 0 Å². The third kappa shape index (κ3) is 2.22. The molecule has 1 atom stereocenters. The molecule has 0 aliphatic rings. The molecule has 0 bridgehead atoms. The molecule has 0 aromatic heterocycles. The van der Waals surface area contributed by atoms with E-state index in [2.05, 4.69) is 0 Å². The van der Waals surface area contributed by atoms with Crippen molar-refractivity contribution < 1.29 is 10.2 Å². The topological polar surface area (TPSA) is 66.5 Å². The van der Waals surface area contributed by atoms with Crippen LogP contribution in [-0.4, -0.2) is 16.8 Å². The number of benzene rings is 1. The number of rotatable bonds is 3. The molecule has 3 nitrogen and oxygen atoms in total. The van der Waals surface area contributed by atoms with E-state index in [0.29, 0.717) is 18.5 Å². The number of hydrogen-bond donors (Lipinski definition) is 3. The Morgan fingerprint density at radius 1 is 1.42 bits per heavy atom. The molecule has 12 heavy (non-hydrogen) atoms. The van der Waals surface area contributed by atoms with Crippen molar-refractivity contribution in [2.45, 2.75) is 12.5 Å². The van der Waals surface area contributed by atoms with Gasteiger partial charge < -0.3 is 15.9 Å². The third-order valence-electron chi connectivity index (χ3n) is 1.70. The van der Waals surface area contributed by atoms with Gasteiger partial charge in [-0.15, -0.1) is 0 Å². The van der Waals surface area contributed by atoms with E-state index < -0.39 is 6.10 Å². The lowest BCUT2D eigenvalue weighted by atomic mass is 10.1. The van der Waals surface area contributed by atoms with Crippen LogP contribution in [0.4, 0.5) is 0 Å². The summed E-state index contributed by atoms with van der Waals surface area (Å²) in [5.41, 5.74) is 5.99. The fourth-order valence-electron chi connectivity index (χ4n) is 1.06. The Hall–Kier alpha value is -1.06. The summed E-state index contributed by atoms with van der Waals surface area (Å²) in [6.07, 6.45) is -0.0502. The molecule has 0 spiro atoms. The summed E-state index contributed by atoms with van der Waals surface area (Å²) in [5, 5.41) is 18.5. The van der Waals surface area contributed by atoms with Gasteiger partial charge in [0.15, 0.2) is 0 Å². The standard InChI is InChI=1S/C9H13NO2/c10-5-4-9(12)7-2-1-3-8(11)6-7/h1-3,6,9,11-12H,4-5,10H2/t9-/m1/s1. The molecule has 0 saturated heterocycles. The van der Waals surface area contributed by atoms with E-state index in [0.717, 1.165) is 0 Å². The van der Waals surface area contributed by atoms with E-state index in [1.165, 1.54) is 0 Å². The van der Waals surface area contributed by atoms with Gasteiger partial charge in [0, 0.05) is 0 Å². The van der Waals surface area contributed by atoms with Gasteiger partial charge in [0.05, 0.1) is 6.10 Å². The van der Waals surface area contributed by atoms with Crippen molar-refractivity contribution in [2.24, 2.45) is 5.73 Å². The summed E-state index contributed by atoms with van der Waals surface area (Å²) in [6.45, 7) is 0.441. The van der Waals surface area contributed by atoms with Crippen molar-refractivity contribution in [1.82, 2.24) is 0 Å². The second-order valence-corrected chi connectivity index (χ2v) is 2.69. The summed E-state index contributed by atoms with van der Waals surface area (Å²) < 4.78 is 0. The van der Waals surface area contributed by atoms with Gasteiger partial charge in [-0.25, -0.2) is 0 Å². The molecule has 0 fully saturated rings. The van der Waals surface area contributed by atoms with Crippen molar-refractivity contribution in [3.8, 4) is 5.75 Å². The number of phenolic OH excluding ortho intramolecular Hbond substituents is 1. The van der Waals surface area contributed by atoms with Crippen LogP contribution in [0.25, 0.3) is 0 Å². The van der Waals surface area contributed by atoms with Crippen molar-refractivity contribution >= 4 is 0 Å². The highest BCUT2D eigenvalue weighted by molar-refractivity contribution is 5.28. The lowest BCUT2D eigenvalue weighted by Gasteiger charge is -2.08. The zero-order valence-corrected chi connectivity index (χ0v) is 6.77. The molecule has 0 amide bonds. The fourth-order valence-corrected chi connectivity index (χ4v) is 1.06. The van der Waals surface area contributed by atoms with E-state index in [-0.39, 0.29) is 5.75 Å². The predicted molar refractivity (Wildman–Crippen MR) is 46.7 cm³/mol. The van der Waals surface area contributed by atoms with Crippen LogP contribution in [-0.2, 0) is 0 Å². The lowest BCUT2D eigenvalue weighted by Crippen LogP contribution is -2.06. The van der Waals surface area contributed by atoms with Gasteiger partial charge in [0.2, 0.25) is 0 Å². The molecule has 1 rings (SSSR count). The maximum atomic E-state index is 9.45. The van der Waals surface area contributed by atoms with Gasteiger partial charge in [-0.3, -0.25) is 0 Å². The van der Waals surface area contributed by atoms with Gasteiger partial charge >= 0.3 is 0 Å². The first kappa shape index (κ1) is 9.03. The first-order valence-corrected chi connectivity index (χ1v) is 3.91. The maximum Gasteiger partial charge on any atom is 0.115 e. The van der Waals surface area contributed by atoms with Crippen LogP contribution in [0.3, 0.4) is 0 Å². The van der Waals surface area contributed by atoms with Gasteiger partial charge in [-0.1, -0.05) is 12.1 Å². The molecule has 1 aromatic carbocycles. The van der Waals surface area contributed by atoms with Crippen molar-refractivity contribution in [2.75, 3.05) is 6.54 Å². The predicted octanol–water partition coefficient (Wildman–Crippen LogP) is 0.774. The van der Waals surface area contributed by atoms with Crippen LogP contribution < -0.4 is 5.73 Å². The van der Waals surface area contributed by atoms with Crippen LogP contribution in [0.15, 0.2) is 24.3 Å². The summed E-state index contributed by atoms with van der Waals surface area (Å²) in [7, 11) is 0. The van der Waals surface area contributed by atoms with E-state index in [1.54, 1.807) is 24.3 Å². The Morgan fingerprint density at radius 2 is 2.17 bits per heavy atom. The molecule has 0 saturated carbocycles. The summed E-state index contributed by atoms with van der Waals surface area (Å²) >= 11 is 0. The highest BCUT2D eigenvalue weighted by atomic mass is 16.3. The molecule has 3 heteroatoms. The number of nitrogens with two attached hydrogens (primary N) is 1. The minimum Gasteiger partial charge on any atom is -0.508 e. The molecule has 0 radical (unpaired) electrons. The second-order valence-electron chi connectivity index (χ2n) is 2.69. The monoisotopic (exact) mass is 167 g/mol. The molecular weight excluding hydrogens is 154 g/mol. The molecule has 1 aromatic rings. The average Bonchev–Trinajstić information content (AvgIpc) is 2.05. The first-order valence-electron chi connectivity index (χ1n) is 3.91. The molecule has 4 N–H and O–H groups in total. The molecule has 66 valence electrons. The minimum absolute atomic E-state index is 0.170. The number of hydrogen-bond acceptors (Lipinski definition) is 3. The number of aromatic hydroxyl groups is 1. The van der Waals surface area contributed by atoms with Gasteiger partial charge in [-0.2, -0.15) is 0 Å². The fraction of sp³-hybridized carbons (Fsp3) is 0.333. The smallest absolute Gasteiger partial charge is 0.115 e. The second kappa shape index (κ2) is 4.09. The Morgan fingerprint density at radius 3 is 2.75 bits per heavy atom. The summed E-state index contributed by atoms with van der Waals surface area (Å²) in [5.74, 6) is 0.170. The summed E-state index contributed by atoms with van der Waals surface area (Å²) in [4.78, 5) is 0. The normalized spacial score (nSPS) is 12.8. The highest BCUT2D eigenvalue weighted by Gasteiger charge is 2.05. The van der Waals surface area contributed by atoms with Gasteiger partial charge in [0.25, 0.3) is 0 Å². The van der Waals surface area contributed by atoms with Crippen molar-refractivity contribution in [3.63, 3.8) is 0 Å². The SMILES string of the molecule is NCC[C@@H](O)c1cccc(O)c1. The Labute approximate surface area is 71.5 Å². The van der Waals surface area contributed by atoms with Crippen molar-refractivity contribution in [1.29, 1.82) is 0 Å². The molecule has 0 unspecified atom stereocenters. The number of aliphatic hydroxyl groups excluding tert-OH is 1. The Bertz CT molecular complexity index is 250. The Kier molecular flexibility index (Phi) is 3.08. The lowest BCUT2D eigenvalue weighted by molar-refractivity contribution is 0.170. The van der Waals surface area contributed by atoms with E-state index in [4.69, 9.17) is 10.8 Å². The van der Waals surface area contributed by atoms with Crippen LogP contribution in [0, 0.1) is 0 Å². The maximum absolute atomic E-state index is 9.45. The van der Waals surface area contributed by atoms with Gasteiger partial charge in [0.1, 0.15) is 5.75 Å². The quantitative estimate of drug-likeness (QED) is 0.623. The number of phenols is 1. The molecule has 0 aliphatic carbocycles. The largest absolute Gasteiger partial charge is 0.508 e. The third-order valence-corrected chi connectivity index (χ3v) is 1.70. The zero-order valence-electron chi connectivity index (χ0n) is 6.77. The van der Waals surface area contributed by atoms with E-state index in [1.807, 2.05) is 0 Å². The van der Waals surface area contributed by atoms with Crippen LogP contribution in [0.5, 0.6) is 5.75 Å². The first-order chi connectivity index (χ1) is 5.74. The Balaban J connectivity index is 2.73. The van der Waals surface area contributed by atoms with E-state index in [9.17, 15) is 5.11 Å². The number of aliphatic hydroxyl groups is 1. The van der Waals surface area contributed by atoms with Crippen molar-refractivity contribution in [3.05, 3.63) is 29.8 Å². The minimum atomic E-state index is -0.568.